The number of nitrogens with one attached hydrogen (secondary N) is 1. The van der Waals surface area contributed by atoms with Crippen LogP contribution in [-0.2, 0) is 14.3 Å². The maximum Gasteiger partial charge on any atom is 0.242 e. The molecule has 35 heavy (non-hydrogen) atoms. The fourth-order valence-electron chi connectivity index (χ4n) is 4.20. The van der Waals surface area contributed by atoms with Gasteiger partial charge in [0.1, 0.15) is 16.7 Å². The first-order valence-corrected chi connectivity index (χ1v) is 12.5. The summed E-state index contributed by atoms with van der Waals surface area (Å²) in [6, 6.07) is 11.2. The van der Waals surface area contributed by atoms with Crippen LogP contribution in [0.3, 0.4) is 0 Å². The van der Waals surface area contributed by atoms with Crippen molar-refractivity contribution in [3.8, 4) is 11.5 Å². The lowest BCUT2D eigenvalue weighted by molar-refractivity contribution is -0.129. The summed E-state index contributed by atoms with van der Waals surface area (Å²) in [6.07, 6.45) is 1.89. The number of hydrogen-bond acceptors (Lipinski definition) is 7. The van der Waals surface area contributed by atoms with Gasteiger partial charge in [-0.05, 0) is 50.5 Å². The minimum absolute atomic E-state index is 0.0117. The van der Waals surface area contributed by atoms with Crippen LogP contribution >= 0.6 is 11.8 Å². The summed E-state index contributed by atoms with van der Waals surface area (Å²) in [6.45, 7) is 5.19. The molecular weight excluding hydrogens is 466 g/mol. The number of anilines is 1. The molecule has 0 aliphatic carbocycles. The van der Waals surface area contributed by atoms with Crippen LogP contribution in [-0.4, -0.2) is 60.6 Å². The van der Waals surface area contributed by atoms with E-state index in [9.17, 15) is 9.59 Å². The summed E-state index contributed by atoms with van der Waals surface area (Å²) in [5.74, 6) is 0.703. The fourth-order valence-corrected chi connectivity index (χ4v) is 5.36. The Labute approximate surface area is 210 Å². The average molecular weight is 498 g/mol. The molecule has 2 aliphatic rings. The second kappa shape index (κ2) is 11.1. The standard InChI is InChI=1S/C26H31N3O5S/c1-16-7-9-20(17(2)12-16)28-26-29(15-19-6-5-11-34-19)25(31)23(35-26)14-24(30)27-21-13-18(32-3)8-10-22(21)33-4/h7-10,12-13,19,23H,5-6,11,14-15H2,1-4H3,(H,27,30). The van der Waals surface area contributed by atoms with Crippen LogP contribution in [0.1, 0.15) is 30.4 Å². The molecule has 0 radical (unpaired) electrons. The van der Waals surface area contributed by atoms with E-state index in [2.05, 4.69) is 11.4 Å². The minimum Gasteiger partial charge on any atom is -0.497 e. The van der Waals surface area contributed by atoms with Crippen LogP contribution in [0, 0.1) is 13.8 Å². The van der Waals surface area contributed by atoms with E-state index in [4.69, 9.17) is 19.2 Å². The Kier molecular flexibility index (Phi) is 7.97. The summed E-state index contributed by atoms with van der Waals surface area (Å²) in [7, 11) is 3.09. The number of carbonyl (C=O) groups excluding carboxylic acids is 2. The van der Waals surface area contributed by atoms with Gasteiger partial charge in [0.2, 0.25) is 11.8 Å². The molecule has 0 bridgehead atoms. The van der Waals surface area contributed by atoms with E-state index >= 15 is 0 Å². The fraction of sp³-hybridized carbons (Fsp3) is 0.423. The van der Waals surface area contributed by atoms with E-state index in [1.54, 1.807) is 30.2 Å². The lowest BCUT2D eigenvalue weighted by Crippen LogP contribution is -2.38. The van der Waals surface area contributed by atoms with Crippen molar-refractivity contribution in [2.75, 3.05) is 32.7 Å². The number of methoxy groups -OCH3 is 2. The molecule has 8 nitrogen and oxygen atoms in total. The number of nitrogens with zero attached hydrogens (tertiary/aromatic N) is 2. The van der Waals surface area contributed by atoms with Crippen LogP contribution in [0.25, 0.3) is 0 Å². The molecule has 2 aromatic rings. The summed E-state index contributed by atoms with van der Waals surface area (Å²) in [5.41, 5.74) is 3.50. The highest BCUT2D eigenvalue weighted by molar-refractivity contribution is 8.15. The van der Waals surface area contributed by atoms with Crippen molar-refractivity contribution in [2.45, 2.75) is 44.5 Å². The number of aliphatic imine (C=N–C) groups is 1. The average Bonchev–Trinajstić information content (AvgIpc) is 3.45. The molecule has 0 aromatic heterocycles. The van der Waals surface area contributed by atoms with Gasteiger partial charge in [0.25, 0.3) is 0 Å². The molecule has 2 atom stereocenters. The molecule has 1 N–H and O–H groups in total. The van der Waals surface area contributed by atoms with Gasteiger partial charge in [-0.15, -0.1) is 0 Å². The lowest BCUT2D eigenvalue weighted by Gasteiger charge is -2.20. The summed E-state index contributed by atoms with van der Waals surface area (Å²) >= 11 is 1.33. The minimum atomic E-state index is -0.572. The second-order valence-corrected chi connectivity index (χ2v) is 9.86. The van der Waals surface area contributed by atoms with Gasteiger partial charge < -0.3 is 19.5 Å². The third-order valence-electron chi connectivity index (χ3n) is 6.05. The molecule has 2 fully saturated rings. The third kappa shape index (κ3) is 5.97. The molecule has 4 rings (SSSR count). The van der Waals surface area contributed by atoms with E-state index in [-0.39, 0.29) is 24.3 Å². The highest BCUT2D eigenvalue weighted by Gasteiger charge is 2.40. The van der Waals surface area contributed by atoms with E-state index in [0.29, 0.717) is 35.5 Å². The van der Waals surface area contributed by atoms with Crippen molar-refractivity contribution in [3.05, 3.63) is 47.5 Å². The Hall–Kier alpha value is -3.04. The van der Waals surface area contributed by atoms with Crippen molar-refractivity contribution in [2.24, 2.45) is 4.99 Å². The zero-order valence-electron chi connectivity index (χ0n) is 20.5. The van der Waals surface area contributed by atoms with Crippen LogP contribution in [0.5, 0.6) is 11.5 Å². The first-order chi connectivity index (χ1) is 16.9. The Balaban J connectivity index is 1.53. The largest absolute Gasteiger partial charge is 0.497 e. The summed E-state index contributed by atoms with van der Waals surface area (Å²) in [5, 5.41) is 2.89. The Bertz CT molecular complexity index is 1130. The van der Waals surface area contributed by atoms with Gasteiger partial charge in [0.05, 0.1) is 38.2 Å². The topological polar surface area (TPSA) is 89.5 Å². The zero-order valence-corrected chi connectivity index (χ0v) is 21.3. The predicted octanol–water partition coefficient (Wildman–Crippen LogP) is 4.46. The maximum atomic E-state index is 13.4. The van der Waals surface area contributed by atoms with Crippen molar-refractivity contribution < 1.29 is 23.8 Å². The van der Waals surface area contributed by atoms with Gasteiger partial charge >= 0.3 is 0 Å². The van der Waals surface area contributed by atoms with Crippen molar-refractivity contribution >= 4 is 40.1 Å². The van der Waals surface area contributed by atoms with Crippen LogP contribution in [0.4, 0.5) is 11.4 Å². The zero-order chi connectivity index (χ0) is 24.9. The molecule has 2 aromatic carbocycles. The van der Waals surface area contributed by atoms with Gasteiger partial charge in [-0.2, -0.15) is 0 Å². The molecule has 0 saturated carbocycles. The van der Waals surface area contributed by atoms with E-state index in [1.165, 1.54) is 18.9 Å². The number of thioether (sulfide) groups is 1. The van der Waals surface area contributed by atoms with Gasteiger partial charge in [-0.25, -0.2) is 4.99 Å². The number of hydrogen-bond donors (Lipinski definition) is 1. The number of rotatable bonds is 8. The van der Waals surface area contributed by atoms with Crippen LogP contribution in [0.2, 0.25) is 0 Å². The lowest BCUT2D eigenvalue weighted by atomic mass is 10.1. The Morgan fingerprint density at radius 2 is 2.03 bits per heavy atom. The smallest absolute Gasteiger partial charge is 0.242 e. The molecule has 9 heteroatoms. The number of benzene rings is 2. The first kappa shape index (κ1) is 25.1. The molecule has 2 unspecified atom stereocenters. The van der Waals surface area contributed by atoms with Crippen LogP contribution < -0.4 is 14.8 Å². The molecule has 2 aliphatic heterocycles. The molecular formula is C26H31N3O5S. The second-order valence-electron chi connectivity index (χ2n) is 8.69. The van der Waals surface area contributed by atoms with E-state index in [1.807, 2.05) is 26.0 Å². The monoisotopic (exact) mass is 497 g/mol. The maximum absolute atomic E-state index is 13.4. The Morgan fingerprint density at radius 1 is 1.20 bits per heavy atom. The van der Waals surface area contributed by atoms with Crippen molar-refractivity contribution in [3.63, 3.8) is 0 Å². The summed E-state index contributed by atoms with van der Waals surface area (Å²) < 4.78 is 16.4. The first-order valence-electron chi connectivity index (χ1n) is 11.7. The SMILES string of the molecule is COc1ccc(OC)c(NC(=O)CC2SC(=Nc3ccc(C)cc3C)N(CC3CCCO3)C2=O)c1. The van der Waals surface area contributed by atoms with Crippen molar-refractivity contribution in [1.29, 1.82) is 0 Å². The quantitative estimate of drug-likeness (QED) is 0.579. The van der Waals surface area contributed by atoms with E-state index in [0.717, 1.165) is 29.7 Å². The number of ether oxygens (including phenoxy) is 3. The number of carbonyl (C=O) groups is 2. The number of aryl methyl sites for hydroxylation is 2. The molecule has 2 heterocycles. The third-order valence-corrected chi connectivity index (χ3v) is 7.23. The highest BCUT2D eigenvalue weighted by atomic mass is 32.2. The van der Waals surface area contributed by atoms with Gasteiger partial charge in [0, 0.05) is 19.1 Å². The number of amides is 2. The predicted molar refractivity (Wildman–Crippen MR) is 138 cm³/mol. The summed E-state index contributed by atoms with van der Waals surface area (Å²) in [4.78, 5) is 32.8. The van der Waals surface area contributed by atoms with Crippen molar-refractivity contribution in [1.82, 2.24) is 4.90 Å². The van der Waals surface area contributed by atoms with Crippen LogP contribution in [0.15, 0.2) is 41.4 Å². The number of amidine groups is 1. The van der Waals surface area contributed by atoms with Gasteiger partial charge in [0.15, 0.2) is 5.17 Å². The van der Waals surface area contributed by atoms with E-state index < -0.39 is 5.25 Å². The molecule has 2 saturated heterocycles. The molecule has 2 amide bonds. The normalized spacial score (nSPS) is 21.0. The molecule has 186 valence electrons. The Morgan fingerprint density at radius 3 is 2.71 bits per heavy atom. The highest BCUT2D eigenvalue weighted by Crippen LogP contribution is 2.35. The molecule has 0 spiro atoms. The van der Waals surface area contributed by atoms with Gasteiger partial charge in [-0.1, -0.05) is 29.5 Å². The van der Waals surface area contributed by atoms with Gasteiger partial charge in [-0.3, -0.25) is 14.5 Å².